The molecule has 2 aliphatic rings. The molecule has 2 aromatic rings. The molecule has 0 saturated heterocycles. The van der Waals surface area contributed by atoms with Crippen molar-refractivity contribution >= 4 is 31.2 Å². The van der Waals surface area contributed by atoms with Crippen LogP contribution in [0.4, 0.5) is 0 Å². The molecule has 33 heavy (non-hydrogen) atoms. The zero-order chi connectivity index (χ0) is 23.7. The highest BCUT2D eigenvalue weighted by Crippen LogP contribution is 2.33. The molecular formula is C23H28N2O7S. The van der Waals surface area contributed by atoms with Crippen LogP contribution in [0, 0.1) is 0 Å². The zero-order valence-electron chi connectivity index (χ0n) is 18.1. The molecule has 0 fully saturated rings. The van der Waals surface area contributed by atoms with E-state index in [-0.39, 0.29) is 31.4 Å². The summed E-state index contributed by atoms with van der Waals surface area (Å²) in [4.78, 5) is 26.9. The predicted octanol–water partition coefficient (Wildman–Crippen LogP) is 1.97. The number of nitrogens with two attached hydrogens (primary N) is 2. The number of carboxylic acid groups (broad SMARTS) is 1. The smallest absolute Gasteiger partial charge is 0.373 e. The molecular weight excluding hydrogens is 448 g/mol. The fourth-order valence-corrected chi connectivity index (χ4v) is 3.34. The van der Waals surface area contributed by atoms with E-state index in [2.05, 4.69) is 0 Å². The van der Waals surface area contributed by atoms with E-state index < -0.39 is 12.0 Å². The SMILES string of the molecule is CC(N)Cc1ccc2c(c1)OCO2.NC(CC1=CCc2ccc(O)cc21)C(=O)O.O=C=O.S. The highest BCUT2D eigenvalue weighted by atomic mass is 32.1. The summed E-state index contributed by atoms with van der Waals surface area (Å²) in [7, 11) is 0. The van der Waals surface area contributed by atoms with Crippen molar-refractivity contribution in [1.29, 1.82) is 0 Å². The Kier molecular flexibility index (Phi) is 11.2. The molecule has 2 unspecified atom stereocenters. The average molecular weight is 477 g/mol. The van der Waals surface area contributed by atoms with E-state index in [0.717, 1.165) is 41.0 Å². The number of rotatable bonds is 5. The van der Waals surface area contributed by atoms with Gasteiger partial charge in [-0.2, -0.15) is 23.1 Å². The molecule has 2 atom stereocenters. The van der Waals surface area contributed by atoms with Crippen LogP contribution < -0.4 is 20.9 Å². The molecule has 2 aromatic carbocycles. The van der Waals surface area contributed by atoms with Gasteiger partial charge < -0.3 is 31.2 Å². The van der Waals surface area contributed by atoms with Crippen LogP contribution in [0.25, 0.3) is 5.57 Å². The Bertz CT molecular complexity index is 1020. The number of fused-ring (bicyclic) bond motifs is 2. The number of allylic oxidation sites excluding steroid dienone is 1. The normalized spacial score (nSPS) is 14.0. The lowest BCUT2D eigenvalue weighted by Gasteiger charge is -2.09. The maximum Gasteiger partial charge on any atom is 0.373 e. The van der Waals surface area contributed by atoms with E-state index in [0.29, 0.717) is 13.2 Å². The number of phenolic OH excluding ortho intramolecular Hbond substituents is 1. The average Bonchev–Trinajstić information content (AvgIpc) is 3.35. The first-order valence-electron chi connectivity index (χ1n) is 9.88. The standard InChI is InChI=1S/C12H13NO3.C10H13NO2.CO2.H2S/c13-11(12(15)16)5-8-2-1-7-3-4-9(14)6-10(7)8;1-7(11)4-8-2-3-9-10(5-8)13-6-12-9;2-1-3;/h2-4,6,11,14H,1,5,13H2,(H,15,16);2-3,5,7H,4,6,11H2,1H3;;1H2. The molecule has 0 spiro atoms. The Morgan fingerprint density at radius 3 is 2.39 bits per heavy atom. The summed E-state index contributed by atoms with van der Waals surface area (Å²) < 4.78 is 10.5. The number of aromatic hydroxyl groups is 1. The molecule has 1 aliphatic heterocycles. The number of hydrogen-bond donors (Lipinski definition) is 4. The fourth-order valence-electron chi connectivity index (χ4n) is 3.34. The van der Waals surface area contributed by atoms with Crippen LogP contribution >= 0.6 is 13.5 Å². The molecule has 0 saturated carbocycles. The van der Waals surface area contributed by atoms with Gasteiger partial charge in [0, 0.05) is 6.04 Å². The minimum atomic E-state index is -1.01. The number of carbonyl (C=O) groups is 1. The number of carbonyl (C=O) groups excluding carboxylic acids is 2. The molecule has 0 amide bonds. The first-order valence-corrected chi connectivity index (χ1v) is 9.88. The van der Waals surface area contributed by atoms with Gasteiger partial charge in [0.15, 0.2) is 11.5 Å². The minimum absolute atomic E-state index is 0. The van der Waals surface area contributed by atoms with E-state index in [1.165, 1.54) is 5.56 Å². The lowest BCUT2D eigenvalue weighted by atomic mass is 10.00. The molecule has 0 aromatic heterocycles. The second-order valence-corrected chi connectivity index (χ2v) is 7.38. The van der Waals surface area contributed by atoms with Crippen LogP contribution in [0.2, 0.25) is 0 Å². The first kappa shape index (κ1) is 27.7. The van der Waals surface area contributed by atoms with Gasteiger partial charge in [-0.15, -0.1) is 0 Å². The van der Waals surface area contributed by atoms with Gasteiger partial charge in [-0.25, -0.2) is 0 Å². The lowest BCUT2D eigenvalue weighted by Crippen LogP contribution is -2.30. The van der Waals surface area contributed by atoms with Crippen LogP contribution in [-0.2, 0) is 27.2 Å². The van der Waals surface area contributed by atoms with Gasteiger partial charge in [-0.1, -0.05) is 18.2 Å². The van der Waals surface area contributed by atoms with Gasteiger partial charge in [0.2, 0.25) is 6.79 Å². The summed E-state index contributed by atoms with van der Waals surface area (Å²) in [6.07, 6.45) is 4.16. The molecule has 0 bridgehead atoms. The van der Waals surface area contributed by atoms with Gasteiger partial charge in [-0.3, -0.25) is 4.79 Å². The van der Waals surface area contributed by atoms with Crippen molar-refractivity contribution in [2.24, 2.45) is 11.5 Å². The molecule has 0 radical (unpaired) electrons. The van der Waals surface area contributed by atoms with Gasteiger partial charge in [0.25, 0.3) is 0 Å². The van der Waals surface area contributed by atoms with Crippen molar-refractivity contribution in [1.82, 2.24) is 0 Å². The quantitative estimate of drug-likeness (QED) is 0.505. The minimum Gasteiger partial charge on any atom is -0.508 e. The topological polar surface area (TPSA) is 162 Å². The number of hydrogen-bond acceptors (Lipinski definition) is 8. The maximum absolute atomic E-state index is 10.7. The molecule has 1 heterocycles. The zero-order valence-corrected chi connectivity index (χ0v) is 19.1. The van der Waals surface area contributed by atoms with Crippen molar-refractivity contribution in [2.75, 3.05) is 6.79 Å². The molecule has 9 nitrogen and oxygen atoms in total. The third-order valence-corrected chi connectivity index (χ3v) is 4.76. The summed E-state index contributed by atoms with van der Waals surface area (Å²) in [5.41, 5.74) is 15.3. The molecule has 10 heteroatoms. The van der Waals surface area contributed by atoms with E-state index in [4.69, 9.17) is 35.6 Å². The number of aliphatic carboxylic acids is 1. The monoisotopic (exact) mass is 476 g/mol. The van der Waals surface area contributed by atoms with Crippen LogP contribution in [-0.4, -0.2) is 41.2 Å². The van der Waals surface area contributed by atoms with Crippen LogP contribution in [0.15, 0.2) is 42.5 Å². The summed E-state index contributed by atoms with van der Waals surface area (Å²) in [6, 6.07) is 10.4. The van der Waals surface area contributed by atoms with Gasteiger partial charge in [0.05, 0.1) is 0 Å². The highest BCUT2D eigenvalue weighted by molar-refractivity contribution is 7.59. The Morgan fingerprint density at radius 2 is 1.76 bits per heavy atom. The third kappa shape index (κ3) is 8.28. The summed E-state index contributed by atoms with van der Waals surface area (Å²) in [6.45, 7) is 2.32. The lowest BCUT2D eigenvalue weighted by molar-refractivity contribution is -0.191. The highest BCUT2D eigenvalue weighted by Gasteiger charge is 2.20. The Hall–Kier alpha value is -3.30. The number of carboxylic acids is 1. The molecule has 178 valence electrons. The first-order chi connectivity index (χ1) is 15.2. The third-order valence-electron chi connectivity index (χ3n) is 4.76. The van der Waals surface area contributed by atoms with Crippen LogP contribution in [0.5, 0.6) is 17.2 Å². The summed E-state index contributed by atoms with van der Waals surface area (Å²) in [5.74, 6) is 0.844. The predicted molar refractivity (Wildman–Crippen MR) is 125 cm³/mol. The van der Waals surface area contributed by atoms with E-state index in [1.54, 1.807) is 12.1 Å². The Balaban J connectivity index is 0.000000291. The van der Waals surface area contributed by atoms with Crippen molar-refractivity contribution in [3.8, 4) is 17.2 Å². The molecule has 4 rings (SSSR count). The molecule has 1 aliphatic carbocycles. The van der Waals surface area contributed by atoms with E-state index >= 15 is 0 Å². The van der Waals surface area contributed by atoms with Crippen LogP contribution in [0.3, 0.4) is 0 Å². The number of phenols is 1. The van der Waals surface area contributed by atoms with Crippen LogP contribution in [0.1, 0.15) is 30.0 Å². The molecule has 6 N–H and O–H groups in total. The van der Waals surface area contributed by atoms with Crippen molar-refractivity contribution in [3.05, 3.63) is 59.2 Å². The fraction of sp³-hybridized carbons (Fsp3) is 0.304. The van der Waals surface area contributed by atoms with Gasteiger partial charge in [-0.05, 0) is 72.7 Å². The Labute approximate surface area is 198 Å². The van der Waals surface area contributed by atoms with Gasteiger partial charge in [0.1, 0.15) is 11.8 Å². The number of benzene rings is 2. The number of ether oxygens (including phenoxy) is 2. The van der Waals surface area contributed by atoms with Crippen molar-refractivity contribution in [3.63, 3.8) is 0 Å². The second-order valence-electron chi connectivity index (χ2n) is 7.38. The second kappa shape index (κ2) is 13.3. The van der Waals surface area contributed by atoms with Crippen molar-refractivity contribution in [2.45, 2.75) is 38.3 Å². The van der Waals surface area contributed by atoms with E-state index in [1.807, 2.05) is 37.3 Å². The van der Waals surface area contributed by atoms with E-state index in [9.17, 15) is 9.90 Å². The maximum atomic E-state index is 10.7. The summed E-state index contributed by atoms with van der Waals surface area (Å²) in [5, 5.41) is 18.1. The largest absolute Gasteiger partial charge is 0.508 e. The van der Waals surface area contributed by atoms with Gasteiger partial charge >= 0.3 is 12.1 Å². The summed E-state index contributed by atoms with van der Waals surface area (Å²) >= 11 is 0. The van der Waals surface area contributed by atoms with Crippen molar-refractivity contribution < 1.29 is 34.1 Å². The Morgan fingerprint density at radius 1 is 1.09 bits per heavy atom.